The van der Waals surface area contributed by atoms with Gasteiger partial charge in [-0.3, -0.25) is 4.79 Å². The maximum atomic E-state index is 11.4. The molecule has 1 saturated carbocycles. The number of ether oxygens (including phenoxy) is 1. The van der Waals surface area contributed by atoms with Gasteiger partial charge in [-0.1, -0.05) is 13.3 Å². The first-order valence-corrected chi connectivity index (χ1v) is 6.88. The minimum absolute atomic E-state index is 0.0965. The smallest absolute Gasteiger partial charge is 0.233 e. The van der Waals surface area contributed by atoms with E-state index in [0.29, 0.717) is 6.54 Å². The molecule has 0 saturated heterocycles. The molecule has 0 aliphatic heterocycles. The number of unbranched alkanes of at least 4 members (excludes halogenated alkanes) is 1. The molecular formula is C13H26N2O2. The van der Waals surface area contributed by atoms with Crippen molar-refractivity contribution in [2.75, 3.05) is 32.8 Å². The highest BCUT2D eigenvalue weighted by atomic mass is 16.5. The summed E-state index contributed by atoms with van der Waals surface area (Å²) in [6.07, 6.45) is 5.84. The number of nitrogens with one attached hydrogen (secondary N) is 2. The van der Waals surface area contributed by atoms with Crippen LogP contribution < -0.4 is 10.6 Å². The van der Waals surface area contributed by atoms with Crippen LogP contribution in [0.2, 0.25) is 0 Å². The zero-order chi connectivity index (χ0) is 12.3. The van der Waals surface area contributed by atoms with Crippen molar-refractivity contribution in [2.45, 2.75) is 39.0 Å². The van der Waals surface area contributed by atoms with Crippen molar-refractivity contribution in [1.29, 1.82) is 0 Å². The number of carbonyl (C=O) groups excluding carboxylic acids is 1. The van der Waals surface area contributed by atoms with Crippen LogP contribution in [0.15, 0.2) is 0 Å². The second-order valence-corrected chi connectivity index (χ2v) is 4.74. The Balaban J connectivity index is 1.76. The van der Waals surface area contributed by atoms with Gasteiger partial charge in [-0.05, 0) is 38.1 Å². The molecule has 2 N–H and O–H groups in total. The number of amides is 1. The monoisotopic (exact) mass is 242 g/mol. The SMILES string of the molecule is CCCCOCCCNC(=O)CNCC1CC1. The Morgan fingerprint density at radius 1 is 1.29 bits per heavy atom. The second kappa shape index (κ2) is 9.42. The zero-order valence-corrected chi connectivity index (χ0v) is 11.0. The fraction of sp³-hybridized carbons (Fsp3) is 0.923. The number of hydrogen-bond acceptors (Lipinski definition) is 3. The summed E-state index contributed by atoms with van der Waals surface area (Å²) in [5.41, 5.74) is 0. The van der Waals surface area contributed by atoms with E-state index < -0.39 is 0 Å². The Labute approximate surface area is 104 Å². The third kappa shape index (κ3) is 9.12. The fourth-order valence-electron chi connectivity index (χ4n) is 1.52. The molecule has 1 fully saturated rings. The summed E-state index contributed by atoms with van der Waals surface area (Å²) < 4.78 is 5.41. The van der Waals surface area contributed by atoms with Gasteiger partial charge in [0.25, 0.3) is 0 Å². The van der Waals surface area contributed by atoms with Crippen LogP contribution in [-0.4, -0.2) is 38.8 Å². The van der Waals surface area contributed by atoms with Crippen molar-refractivity contribution in [1.82, 2.24) is 10.6 Å². The van der Waals surface area contributed by atoms with Crippen LogP contribution >= 0.6 is 0 Å². The number of hydrogen-bond donors (Lipinski definition) is 2. The lowest BCUT2D eigenvalue weighted by molar-refractivity contribution is -0.120. The highest BCUT2D eigenvalue weighted by Gasteiger charge is 2.20. The van der Waals surface area contributed by atoms with Crippen molar-refractivity contribution >= 4 is 5.91 Å². The van der Waals surface area contributed by atoms with E-state index in [1.54, 1.807) is 0 Å². The summed E-state index contributed by atoms with van der Waals surface area (Å²) in [7, 11) is 0. The molecule has 0 bridgehead atoms. The molecule has 0 aromatic heterocycles. The van der Waals surface area contributed by atoms with Crippen LogP contribution in [0.25, 0.3) is 0 Å². The molecule has 0 radical (unpaired) electrons. The first-order chi connectivity index (χ1) is 8.33. The van der Waals surface area contributed by atoms with Gasteiger partial charge in [-0.25, -0.2) is 0 Å². The molecule has 0 atom stereocenters. The van der Waals surface area contributed by atoms with Gasteiger partial charge in [0.1, 0.15) is 0 Å². The molecule has 1 aliphatic carbocycles. The van der Waals surface area contributed by atoms with E-state index in [0.717, 1.165) is 45.1 Å². The summed E-state index contributed by atoms with van der Waals surface area (Å²) >= 11 is 0. The quantitative estimate of drug-likeness (QED) is 0.537. The molecule has 1 amide bonds. The average Bonchev–Trinajstić information content (AvgIpc) is 3.12. The lowest BCUT2D eigenvalue weighted by atomic mass is 10.3. The predicted octanol–water partition coefficient (Wildman–Crippen LogP) is 1.31. The van der Waals surface area contributed by atoms with E-state index in [2.05, 4.69) is 17.6 Å². The van der Waals surface area contributed by atoms with Gasteiger partial charge in [0.05, 0.1) is 6.54 Å². The standard InChI is InChI=1S/C13H26N2O2/c1-2-3-8-17-9-4-7-15-13(16)11-14-10-12-5-6-12/h12,14H,2-11H2,1H3,(H,15,16). The molecule has 0 spiro atoms. The van der Waals surface area contributed by atoms with Gasteiger partial charge in [-0.2, -0.15) is 0 Å². The molecule has 1 rings (SSSR count). The molecule has 4 heteroatoms. The average molecular weight is 242 g/mol. The highest BCUT2D eigenvalue weighted by Crippen LogP contribution is 2.27. The lowest BCUT2D eigenvalue weighted by Crippen LogP contribution is -2.35. The number of rotatable bonds is 11. The van der Waals surface area contributed by atoms with Gasteiger partial charge in [0.15, 0.2) is 0 Å². The van der Waals surface area contributed by atoms with Crippen LogP contribution in [-0.2, 0) is 9.53 Å². The Morgan fingerprint density at radius 3 is 2.76 bits per heavy atom. The molecule has 0 aromatic carbocycles. The van der Waals surface area contributed by atoms with Gasteiger partial charge in [0, 0.05) is 19.8 Å². The molecule has 0 aromatic rings. The van der Waals surface area contributed by atoms with E-state index >= 15 is 0 Å². The summed E-state index contributed by atoms with van der Waals surface area (Å²) in [6.45, 7) is 5.90. The van der Waals surface area contributed by atoms with Crippen molar-refractivity contribution in [2.24, 2.45) is 5.92 Å². The minimum atomic E-state index is 0.0965. The predicted molar refractivity (Wildman–Crippen MR) is 68.9 cm³/mol. The molecule has 0 heterocycles. The third-order valence-electron chi connectivity index (χ3n) is 2.85. The van der Waals surface area contributed by atoms with Crippen LogP contribution in [0.1, 0.15) is 39.0 Å². The summed E-state index contributed by atoms with van der Waals surface area (Å²) in [6, 6.07) is 0. The maximum Gasteiger partial charge on any atom is 0.233 e. The van der Waals surface area contributed by atoms with Crippen LogP contribution in [0.5, 0.6) is 0 Å². The van der Waals surface area contributed by atoms with Crippen molar-refractivity contribution < 1.29 is 9.53 Å². The number of carbonyl (C=O) groups is 1. The largest absolute Gasteiger partial charge is 0.381 e. The van der Waals surface area contributed by atoms with Crippen LogP contribution in [0.3, 0.4) is 0 Å². The maximum absolute atomic E-state index is 11.4. The van der Waals surface area contributed by atoms with Gasteiger partial charge < -0.3 is 15.4 Å². The van der Waals surface area contributed by atoms with E-state index in [9.17, 15) is 4.79 Å². The van der Waals surface area contributed by atoms with Crippen LogP contribution in [0.4, 0.5) is 0 Å². The summed E-state index contributed by atoms with van der Waals surface area (Å²) in [4.78, 5) is 11.4. The zero-order valence-electron chi connectivity index (χ0n) is 11.0. The summed E-state index contributed by atoms with van der Waals surface area (Å²) in [5, 5.41) is 6.06. The second-order valence-electron chi connectivity index (χ2n) is 4.74. The van der Waals surface area contributed by atoms with Gasteiger partial charge >= 0.3 is 0 Å². The summed E-state index contributed by atoms with van der Waals surface area (Å²) in [5.74, 6) is 0.925. The first kappa shape index (κ1) is 14.5. The Morgan fingerprint density at radius 2 is 2.06 bits per heavy atom. The highest BCUT2D eigenvalue weighted by molar-refractivity contribution is 5.77. The van der Waals surface area contributed by atoms with E-state index in [1.807, 2.05) is 0 Å². The Bertz CT molecular complexity index is 206. The van der Waals surface area contributed by atoms with Crippen molar-refractivity contribution in [3.05, 3.63) is 0 Å². The Hall–Kier alpha value is -0.610. The molecule has 1 aliphatic rings. The first-order valence-electron chi connectivity index (χ1n) is 6.88. The fourth-order valence-corrected chi connectivity index (χ4v) is 1.52. The van der Waals surface area contributed by atoms with Crippen molar-refractivity contribution in [3.8, 4) is 0 Å². The third-order valence-corrected chi connectivity index (χ3v) is 2.85. The molecule has 4 nitrogen and oxygen atoms in total. The Kier molecular flexibility index (Phi) is 8.01. The molecular weight excluding hydrogens is 216 g/mol. The topological polar surface area (TPSA) is 50.4 Å². The van der Waals surface area contributed by atoms with E-state index in [-0.39, 0.29) is 5.91 Å². The van der Waals surface area contributed by atoms with E-state index in [4.69, 9.17) is 4.74 Å². The van der Waals surface area contributed by atoms with Gasteiger partial charge in [0.2, 0.25) is 5.91 Å². The van der Waals surface area contributed by atoms with Crippen LogP contribution in [0, 0.1) is 5.92 Å². The molecule has 100 valence electrons. The molecule has 0 unspecified atom stereocenters. The van der Waals surface area contributed by atoms with E-state index in [1.165, 1.54) is 19.3 Å². The molecule has 17 heavy (non-hydrogen) atoms. The van der Waals surface area contributed by atoms with Crippen molar-refractivity contribution in [3.63, 3.8) is 0 Å². The lowest BCUT2D eigenvalue weighted by Gasteiger charge is -2.06. The minimum Gasteiger partial charge on any atom is -0.381 e. The normalized spacial score (nSPS) is 14.9. The van der Waals surface area contributed by atoms with Gasteiger partial charge in [-0.15, -0.1) is 0 Å².